The average molecular weight is 956 g/mol. The lowest BCUT2D eigenvalue weighted by Gasteiger charge is -2.29. The Hall–Kier alpha value is -4.81. The quantitative estimate of drug-likeness (QED) is 0.0436. The van der Waals surface area contributed by atoms with Gasteiger partial charge in [0.05, 0.1) is 45.0 Å². The number of anilines is 2. The van der Waals surface area contributed by atoms with E-state index in [1.807, 2.05) is 6.07 Å². The summed E-state index contributed by atoms with van der Waals surface area (Å²) in [5.74, 6) is -1.66. The van der Waals surface area contributed by atoms with Gasteiger partial charge in [-0.2, -0.15) is 10.2 Å². The summed E-state index contributed by atoms with van der Waals surface area (Å²) in [7, 11) is -2.74. The molecule has 0 saturated carbocycles. The number of aromatic nitrogens is 8. The lowest BCUT2D eigenvalue weighted by molar-refractivity contribution is -0.118. The van der Waals surface area contributed by atoms with E-state index in [0.717, 1.165) is 17.2 Å². The molecule has 0 spiro atoms. The standard InChI is InChI=1S/C34H35F2N11O11P2S2.H3N/c1-16(2)29(49)44-34-43-28-23(31(51)45-34)41-15-47(28)33-25(20(35)18(11-48)55-33)58-60(62,53-10-6-9-37)54-12-19-24(57-59(52)61)21(36)32(56-19)46-14-40-22-26(38-13-39-27(22)46)42-30(50)17-7-4-3-5-8-17;/h3-5,7-8,13-16,18-21,24-25,32-33,48H,6,10-12H2,1-2H3,(H3-,38,39,42,43,44,45,49,50,51,52,61);1H3/p+1/t18-,19-,20-,21+,24-,25-,32-,33-,60?;/m1./s1. The Bertz CT molecular complexity index is 2620. The number of carbonyl (C=O) groups is 2. The predicted molar refractivity (Wildman–Crippen MR) is 224 cm³/mol. The van der Waals surface area contributed by atoms with Gasteiger partial charge in [-0.05, 0) is 28.5 Å². The number of carbonyl (C=O) groups excluding carboxylic acids is 2. The number of H-pyrrole nitrogens is 1. The molecule has 2 aliphatic rings. The second-order valence-corrected chi connectivity index (χ2v) is 18.4. The van der Waals surface area contributed by atoms with Crippen LogP contribution < -0.4 is 22.3 Å². The minimum Gasteiger partial charge on any atom is -0.394 e. The lowest BCUT2D eigenvalue weighted by Crippen LogP contribution is -2.34. The number of alkyl halides is 2. The van der Waals surface area contributed by atoms with Gasteiger partial charge in [0.2, 0.25) is 11.9 Å². The fraction of sp³-hybridized carbons (Fsp3) is 0.441. The summed E-state index contributed by atoms with van der Waals surface area (Å²) in [6.45, 7) is -2.90. The number of nitrogens with one attached hydrogen (secondary N) is 3. The van der Waals surface area contributed by atoms with Crippen molar-refractivity contribution in [3.63, 3.8) is 0 Å². The summed E-state index contributed by atoms with van der Waals surface area (Å²) in [5.41, 5.74) is -0.677. The van der Waals surface area contributed by atoms with Crippen LogP contribution in [0.2, 0.25) is 0 Å². The maximum absolute atomic E-state index is 16.4. The van der Waals surface area contributed by atoms with Crippen LogP contribution in [-0.2, 0) is 48.7 Å². The number of amides is 2. The van der Waals surface area contributed by atoms with E-state index in [4.69, 9.17) is 39.4 Å². The molecular weight excluding hydrogens is 917 g/mol. The molecule has 1 aromatic carbocycles. The summed E-state index contributed by atoms with van der Waals surface area (Å²) in [6.07, 6.45) is -10.4. The predicted octanol–water partition coefficient (Wildman–Crippen LogP) is 3.96. The van der Waals surface area contributed by atoms with Gasteiger partial charge in [0.1, 0.15) is 36.9 Å². The molecule has 5 aromatic rings. The molecule has 2 fully saturated rings. The first-order valence-electron chi connectivity index (χ1n) is 18.5. The molecule has 6 heterocycles. The zero-order valence-electron chi connectivity index (χ0n) is 33.0. The number of aliphatic hydroxyl groups excluding tert-OH is 1. The molecule has 336 valence electrons. The van der Waals surface area contributed by atoms with Gasteiger partial charge in [0.25, 0.3) is 11.5 Å². The number of rotatable bonds is 17. The van der Waals surface area contributed by atoms with Crippen LogP contribution in [0.15, 0.2) is 54.1 Å². The van der Waals surface area contributed by atoms with Gasteiger partial charge in [-0.3, -0.25) is 38.3 Å². The van der Waals surface area contributed by atoms with Gasteiger partial charge < -0.3 is 35.1 Å². The van der Waals surface area contributed by atoms with Crippen molar-refractivity contribution in [1.82, 2.24) is 45.2 Å². The number of aromatic amines is 1. The minimum absolute atomic E-state index is 0. The highest BCUT2D eigenvalue weighted by Crippen LogP contribution is 2.55. The molecule has 2 saturated heterocycles. The summed E-state index contributed by atoms with van der Waals surface area (Å²) in [6, 6.07) is 10.2. The third-order valence-corrected chi connectivity index (χ3v) is 12.5. The van der Waals surface area contributed by atoms with Crippen molar-refractivity contribution in [2.45, 2.75) is 69.5 Å². The number of hydrogen-bond acceptors (Lipinski definition) is 19. The summed E-state index contributed by atoms with van der Waals surface area (Å²) in [4.78, 5) is 61.6. The third-order valence-electron chi connectivity index (χ3n) is 9.41. The van der Waals surface area contributed by atoms with Crippen LogP contribution in [0.1, 0.15) is 43.1 Å². The zero-order chi connectivity index (χ0) is 44.3. The molecule has 0 radical (unpaired) electrons. The monoisotopic (exact) mass is 955 g/mol. The van der Waals surface area contributed by atoms with E-state index in [0.29, 0.717) is 5.56 Å². The number of imidazole rings is 2. The van der Waals surface area contributed by atoms with E-state index >= 15 is 8.78 Å². The third kappa shape index (κ3) is 10.3. The molecule has 4 aromatic heterocycles. The molecule has 2 aliphatic heterocycles. The lowest BCUT2D eigenvalue weighted by atomic mass is 10.1. The van der Waals surface area contributed by atoms with Gasteiger partial charge in [0, 0.05) is 11.5 Å². The molecule has 63 heavy (non-hydrogen) atoms. The Kier molecular flexibility index (Phi) is 15.4. The first kappa shape index (κ1) is 47.7. The maximum Gasteiger partial charge on any atom is 0.582 e. The number of halogens is 2. The van der Waals surface area contributed by atoms with Crippen LogP contribution in [0.3, 0.4) is 0 Å². The number of fused-ring (bicyclic) bond motifs is 2. The SMILES string of the molecule is CC(C)C(=O)Nc1nc2c(ncn2[C@@H]2O[C@H](CO)[C@@H](F)[C@H]2OP(=S)(OCCC#N)OC[C@H]2O[C@@H](n3cnc4c(NC(=O)c5ccccc5)ncnc43)[C@@H](F)[C@@H]2O[P+](=O)S)c(=O)[nH]1.N. The van der Waals surface area contributed by atoms with E-state index in [2.05, 4.69) is 52.8 Å². The maximum atomic E-state index is 16.4. The van der Waals surface area contributed by atoms with E-state index in [-0.39, 0.29) is 53.3 Å². The van der Waals surface area contributed by atoms with Crippen molar-refractivity contribution in [1.29, 1.82) is 5.26 Å². The van der Waals surface area contributed by atoms with Gasteiger partial charge in [-0.15, -0.1) is 4.52 Å². The highest BCUT2D eigenvalue weighted by atomic mass is 32.7. The summed E-state index contributed by atoms with van der Waals surface area (Å²) >= 11 is 9.50. The highest BCUT2D eigenvalue weighted by Gasteiger charge is 2.53. The normalized spacial score (nSPS) is 24.5. The van der Waals surface area contributed by atoms with E-state index in [1.54, 1.807) is 44.2 Å². The summed E-state index contributed by atoms with van der Waals surface area (Å²) < 4.78 is 82.2. The molecule has 7 N–H and O–H groups in total. The second kappa shape index (κ2) is 20.4. The van der Waals surface area contributed by atoms with Crippen molar-refractivity contribution in [3.8, 4) is 6.07 Å². The molecule has 23 nitrogen and oxygen atoms in total. The van der Waals surface area contributed by atoms with Crippen LogP contribution in [0.4, 0.5) is 20.5 Å². The van der Waals surface area contributed by atoms with Crippen molar-refractivity contribution in [2.75, 3.05) is 30.5 Å². The average Bonchev–Trinajstić information content (AvgIpc) is 4.02. The Morgan fingerprint density at radius 1 is 1.03 bits per heavy atom. The Morgan fingerprint density at radius 3 is 2.41 bits per heavy atom. The largest absolute Gasteiger partial charge is 0.582 e. The van der Waals surface area contributed by atoms with Crippen LogP contribution in [0.25, 0.3) is 22.3 Å². The van der Waals surface area contributed by atoms with Crippen LogP contribution >= 0.6 is 26.2 Å². The van der Waals surface area contributed by atoms with E-state index in [9.17, 15) is 29.3 Å². The number of nitriles is 1. The van der Waals surface area contributed by atoms with Crippen molar-refractivity contribution >= 4 is 83.9 Å². The van der Waals surface area contributed by atoms with Crippen molar-refractivity contribution < 1.29 is 55.6 Å². The first-order valence-corrected chi connectivity index (χ1v) is 23.4. The number of hydrogen-bond donors (Lipinski definition) is 6. The molecule has 2 amide bonds. The number of aliphatic hydroxyl groups is 1. The number of ether oxygens (including phenoxy) is 2. The molecular formula is C34H39F2N12O11P2S2+. The molecule has 7 rings (SSSR count). The highest BCUT2D eigenvalue weighted by molar-refractivity contribution is 8.39. The van der Waals surface area contributed by atoms with Gasteiger partial charge in [-0.1, -0.05) is 32.0 Å². The second-order valence-electron chi connectivity index (χ2n) is 13.8. The minimum atomic E-state index is -4.25. The van der Waals surface area contributed by atoms with E-state index in [1.165, 1.54) is 10.9 Å². The fourth-order valence-corrected chi connectivity index (χ4v) is 9.26. The fourth-order valence-electron chi connectivity index (χ4n) is 6.41. The van der Waals surface area contributed by atoms with Gasteiger partial charge in [0.15, 0.2) is 59.0 Å². The van der Waals surface area contributed by atoms with Crippen molar-refractivity contribution in [3.05, 3.63) is 65.2 Å². The number of thiol groups is 1. The van der Waals surface area contributed by atoms with Crippen molar-refractivity contribution in [2.24, 2.45) is 5.92 Å². The topological polar surface area (TPSA) is 317 Å². The van der Waals surface area contributed by atoms with Crippen LogP contribution in [0, 0.1) is 17.2 Å². The first-order chi connectivity index (χ1) is 29.7. The Balaban J connectivity index is 0.00000661. The Labute approximate surface area is 366 Å². The smallest absolute Gasteiger partial charge is 0.394 e. The Morgan fingerprint density at radius 2 is 1.73 bits per heavy atom. The molecule has 10 atom stereocenters. The summed E-state index contributed by atoms with van der Waals surface area (Å²) in [5, 5.41) is 24.4. The molecule has 29 heteroatoms. The van der Waals surface area contributed by atoms with Gasteiger partial charge >= 0.3 is 13.9 Å². The number of nitrogens with zero attached hydrogens (tertiary/aromatic N) is 8. The van der Waals surface area contributed by atoms with Crippen LogP contribution in [-0.4, -0.2) is 113 Å². The van der Waals surface area contributed by atoms with Gasteiger partial charge in [-0.25, -0.2) is 28.7 Å². The van der Waals surface area contributed by atoms with E-state index < -0.39 is 99.7 Å². The zero-order valence-corrected chi connectivity index (χ0v) is 36.5. The number of benzene rings is 1. The molecule has 2 unspecified atom stereocenters. The van der Waals surface area contributed by atoms with Crippen LogP contribution in [0.5, 0.6) is 0 Å². The molecule has 0 aliphatic carbocycles. The molecule has 0 bridgehead atoms.